The number of hydrogen-bond donors (Lipinski definition) is 0. The van der Waals surface area contributed by atoms with Crippen LogP contribution in [0.25, 0.3) is 74.7 Å². The van der Waals surface area contributed by atoms with Crippen LogP contribution in [0, 0.1) is 0 Å². The molecular weight excluding hydrogens is 464 g/mol. The van der Waals surface area contributed by atoms with Gasteiger partial charge in [0.2, 0.25) is 0 Å². The summed E-state index contributed by atoms with van der Waals surface area (Å²) in [6, 6.07) is 46.3. The fraction of sp³-hybridized carbons (Fsp3) is 0. The van der Waals surface area contributed by atoms with Crippen molar-refractivity contribution in [2.45, 2.75) is 0 Å². The molecule has 37 heavy (non-hydrogen) atoms. The number of thiophene rings is 1. The van der Waals surface area contributed by atoms with E-state index in [2.05, 4.69) is 115 Å². The molecule has 0 spiro atoms. The quantitative estimate of drug-likeness (QED) is 0.213. The Morgan fingerprint density at radius 2 is 1.05 bits per heavy atom. The van der Waals surface area contributed by atoms with Crippen molar-refractivity contribution in [3.05, 3.63) is 133 Å². The standard InChI is InChI=1S/C36H22S/c1-2-11-24-22-25(21-20-23(24)10-1)34-27-13-3-5-15-29(27)35(30-16-6-4-14-28(30)34)32-18-9-17-31-26-12-7-8-19-33(26)37-36(31)32/h1-22H/i19D. The van der Waals surface area contributed by atoms with Crippen molar-refractivity contribution in [2.75, 3.05) is 0 Å². The van der Waals surface area contributed by atoms with Gasteiger partial charge >= 0.3 is 0 Å². The van der Waals surface area contributed by atoms with E-state index in [4.69, 9.17) is 1.37 Å². The van der Waals surface area contributed by atoms with Gasteiger partial charge in [-0.25, -0.2) is 0 Å². The molecular formula is C36H22S. The molecule has 0 fully saturated rings. The molecule has 8 aromatic rings. The Kier molecular flexibility index (Phi) is 4.27. The summed E-state index contributed by atoms with van der Waals surface area (Å²) in [6.07, 6.45) is 0. The molecule has 0 aliphatic heterocycles. The molecule has 1 heterocycles. The summed E-state index contributed by atoms with van der Waals surface area (Å²) in [4.78, 5) is 0. The van der Waals surface area contributed by atoms with Gasteiger partial charge in [-0.15, -0.1) is 11.3 Å². The molecule has 0 aliphatic rings. The fourth-order valence-corrected chi connectivity index (χ4v) is 7.14. The third-order valence-electron chi connectivity index (χ3n) is 7.57. The summed E-state index contributed by atoms with van der Waals surface area (Å²) >= 11 is 1.74. The molecule has 0 bridgehead atoms. The van der Waals surface area contributed by atoms with Crippen molar-refractivity contribution in [1.29, 1.82) is 0 Å². The lowest BCUT2D eigenvalue weighted by Gasteiger charge is -2.18. The third-order valence-corrected chi connectivity index (χ3v) is 8.75. The Hall–Kier alpha value is -4.46. The number of rotatable bonds is 2. The van der Waals surface area contributed by atoms with E-state index < -0.39 is 0 Å². The minimum Gasteiger partial charge on any atom is -0.135 e. The molecule has 0 saturated carbocycles. The minimum atomic E-state index is 0.594. The van der Waals surface area contributed by atoms with Crippen LogP contribution in [0.4, 0.5) is 0 Å². The summed E-state index contributed by atoms with van der Waals surface area (Å²) in [7, 11) is 0. The molecule has 0 unspecified atom stereocenters. The molecule has 7 aromatic carbocycles. The highest BCUT2D eigenvalue weighted by molar-refractivity contribution is 7.26. The van der Waals surface area contributed by atoms with Crippen molar-refractivity contribution in [2.24, 2.45) is 0 Å². The van der Waals surface area contributed by atoms with Crippen LogP contribution in [0.1, 0.15) is 1.37 Å². The van der Waals surface area contributed by atoms with Crippen LogP contribution in [-0.2, 0) is 0 Å². The first-order valence-electron chi connectivity index (χ1n) is 13.1. The summed E-state index contributed by atoms with van der Waals surface area (Å²) in [6.45, 7) is 0. The third kappa shape index (κ3) is 3.08. The highest BCUT2D eigenvalue weighted by Crippen LogP contribution is 2.47. The summed E-state index contributed by atoms with van der Waals surface area (Å²) in [5, 5.41) is 9.93. The topological polar surface area (TPSA) is 0 Å². The lowest BCUT2D eigenvalue weighted by molar-refractivity contribution is 1.69. The summed E-state index contributed by atoms with van der Waals surface area (Å²) < 4.78 is 10.8. The van der Waals surface area contributed by atoms with Gasteiger partial charge in [0.1, 0.15) is 0 Å². The van der Waals surface area contributed by atoms with E-state index in [9.17, 15) is 0 Å². The Morgan fingerprint density at radius 3 is 1.81 bits per heavy atom. The average molecular weight is 488 g/mol. The predicted octanol–water partition coefficient (Wildman–Crippen LogP) is 10.8. The van der Waals surface area contributed by atoms with E-state index >= 15 is 0 Å². The smallest absolute Gasteiger partial charge is 0.0638 e. The largest absolute Gasteiger partial charge is 0.135 e. The Morgan fingerprint density at radius 1 is 0.459 bits per heavy atom. The maximum atomic E-state index is 8.52. The Bertz CT molecular complexity index is 2150. The second kappa shape index (κ2) is 8.03. The van der Waals surface area contributed by atoms with E-state index in [1.54, 1.807) is 11.3 Å². The van der Waals surface area contributed by atoms with Crippen LogP contribution >= 0.6 is 11.3 Å². The van der Waals surface area contributed by atoms with E-state index in [1.165, 1.54) is 70.0 Å². The second-order valence-corrected chi connectivity index (χ2v) is 10.6. The van der Waals surface area contributed by atoms with Gasteiger partial charge in [-0.3, -0.25) is 0 Å². The molecule has 0 radical (unpaired) electrons. The van der Waals surface area contributed by atoms with Crippen LogP contribution in [-0.4, -0.2) is 0 Å². The molecule has 172 valence electrons. The first-order chi connectivity index (χ1) is 18.8. The van der Waals surface area contributed by atoms with Crippen molar-refractivity contribution in [3.63, 3.8) is 0 Å². The van der Waals surface area contributed by atoms with E-state index in [1.807, 2.05) is 12.1 Å². The zero-order chi connectivity index (χ0) is 25.2. The van der Waals surface area contributed by atoms with Crippen LogP contribution in [0.15, 0.2) is 133 Å². The SMILES string of the molecule is [2H]c1cccc2c1sc1c(-c3c4ccccc4c(-c4ccc5ccccc5c4)c4ccccc34)cccc12. The summed E-state index contributed by atoms with van der Waals surface area (Å²) in [5.74, 6) is 0. The first kappa shape index (κ1) is 19.7. The monoisotopic (exact) mass is 487 g/mol. The van der Waals surface area contributed by atoms with E-state index in [-0.39, 0.29) is 0 Å². The maximum Gasteiger partial charge on any atom is 0.0638 e. The second-order valence-electron chi connectivity index (χ2n) is 9.60. The lowest BCUT2D eigenvalue weighted by Crippen LogP contribution is -1.91. The first-order valence-corrected chi connectivity index (χ1v) is 13.4. The molecule has 1 aromatic heterocycles. The van der Waals surface area contributed by atoms with Gasteiger partial charge in [0, 0.05) is 25.7 Å². The van der Waals surface area contributed by atoms with Gasteiger partial charge in [0.25, 0.3) is 0 Å². The highest BCUT2D eigenvalue weighted by Gasteiger charge is 2.19. The molecule has 0 aliphatic carbocycles. The Labute approximate surface area is 220 Å². The molecule has 0 saturated heterocycles. The van der Waals surface area contributed by atoms with Crippen LogP contribution in [0.5, 0.6) is 0 Å². The van der Waals surface area contributed by atoms with Crippen molar-refractivity contribution >= 4 is 63.8 Å². The van der Waals surface area contributed by atoms with Gasteiger partial charge in [-0.05, 0) is 61.1 Å². The molecule has 0 amide bonds. The molecule has 1 heteroatoms. The van der Waals surface area contributed by atoms with E-state index in [0.29, 0.717) is 6.04 Å². The number of benzene rings is 7. The van der Waals surface area contributed by atoms with Crippen LogP contribution < -0.4 is 0 Å². The van der Waals surface area contributed by atoms with Crippen molar-refractivity contribution in [3.8, 4) is 22.3 Å². The van der Waals surface area contributed by atoms with Crippen molar-refractivity contribution < 1.29 is 1.37 Å². The number of fused-ring (bicyclic) bond motifs is 6. The zero-order valence-corrected chi connectivity index (χ0v) is 20.8. The van der Waals surface area contributed by atoms with Crippen molar-refractivity contribution in [1.82, 2.24) is 0 Å². The molecule has 0 atom stereocenters. The highest BCUT2D eigenvalue weighted by atomic mass is 32.1. The van der Waals surface area contributed by atoms with Gasteiger partial charge in [0.15, 0.2) is 0 Å². The fourth-order valence-electron chi connectivity index (χ4n) is 5.95. The predicted molar refractivity (Wildman–Crippen MR) is 163 cm³/mol. The van der Waals surface area contributed by atoms with Gasteiger partial charge in [-0.2, -0.15) is 0 Å². The average Bonchev–Trinajstić information content (AvgIpc) is 3.36. The minimum absolute atomic E-state index is 0.594. The Balaban J connectivity index is 1.53. The lowest BCUT2D eigenvalue weighted by atomic mass is 9.85. The maximum absolute atomic E-state index is 8.52. The molecule has 0 N–H and O–H groups in total. The molecule has 8 rings (SSSR count). The zero-order valence-electron chi connectivity index (χ0n) is 21.0. The van der Waals surface area contributed by atoms with Gasteiger partial charge in [0.05, 0.1) is 1.37 Å². The van der Waals surface area contributed by atoms with Crippen LogP contribution in [0.3, 0.4) is 0 Å². The van der Waals surface area contributed by atoms with Gasteiger partial charge in [-0.1, -0.05) is 121 Å². The van der Waals surface area contributed by atoms with E-state index in [0.717, 1.165) is 4.70 Å². The normalized spacial score (nSPS) is 12.2. The summed E-state index contributed by atoms with van der Waals surface area (Å²) in [5.41, 5.74) is 5.02. The number of hydrogen-bond acceptors (Lipinski definition) is 1. The molecule has 0 nitrogen and oxygen atoms in total. The van der Waals surface area contributed by atoms with Gasteiger partial charge < -0.3 is 0 Å². The van der Waals surface area contributed by atoms with Crippen LogP contribution in [0.2, 0.25) is 0 Å².